The van der Waals surface area contributed by atoms with Crippen molar-refractivity contribution in [2.24, 2.45) is 0 Å². The SMILES string of the molecule is C1=CCC=C1.[CH3][Pt]([CH3])[CH2][Si](C)(C)C. The van der Waals surface area contributed by atoms with Crippen molar-refractivity contribution in [2.45, 2.75) is 41.1 Å². The maximum atomic E-state index is 2.46. The van der Waals surface area contributed by atoms with Gasteiger partial charge < -0.3 is 0 Å². The van der Waals surface area contributed by atoms with E-state index in [0.29, 0.717) is 0 Å². The molecule has 0 saturated carbocycles. The van der Waals surface area contributed by atoms with E-state index in [9.17, 15) is 0 Å². The summed E-state index contributed by atoms with van der Waals surface area (Å²) in [7, 11) is -0.650. The van der Waals surface area contributed by atoms with E-state index in [1.807, 2.05) is 0 Å². The van der Waals surface area contributed by atoms with Crippen LogP contribution in [0.5, 0.6) is 0 Å². The van der Waals surface area contributed by atoms with E-state index in [1.165, 1.54) is 0 Å². The van der Waals surface area contributed by atoms with Gasteiger partial charge in [0, 0.05) is 0 Å². The second-order valence-corrected chi connectivity index (χ2v) is 17.8. The van der Waals surface area contributed by atoms with Crippen LogP contribution < -0.4 is 0 Å². The van der Waals surface area contributed by atoms with Gasteiger partial charge in [-0.2, -0.15) is 0 Å². The molecule has 0 atom stereocenters. The standard InChI is InChI=1S/C5H6.C4H11Si.2CH3.Pt/c1-2-4-5-3-1;1-5(2,3)4;;;/h1-4H,5H2;1H2,2-4H3;2*1H3;. The van der Waals surface area contributed by atoms with Crippen LogP contribution in [0, 0.1) is 0 Å². The first kappa shape index (κ1) is 13.4. The van der Waals surface area contributed by atoms with Crippen molar-refractivity contribution in [1.82, 2.24) is 0 Å². The van der Waals surface area contributed by atoms with Crippen LogP contribution in [0.15, 0.2) is 24.3 Å². The van der Waals surface area contributed by atoms with Crippen LogP contribution in [-0.4, -0.2) is 8.07 Å². The van der Waals surface area contributed by atoms with E-state index >= 15 is 0 Å². The predicted molar refractivity (Wildman–Crippen MR) is 62.8 cm³/mol. The van der Waals surface area contributed by atoms with Crippen molar-refractivity contribution in [2.75, 3.05) is 0 Å². The minimum absolute atomic E-state index is 0.386. The molecule has 0 aliphatic heterocycles. The predicted octanol–water partition coefficient (Wildman–Crippen LogP) is 4.50. The van der Waals surface area contributed by atoms with Crippen molar-refractivity contribution >= 4 is 8.07 Å². The molecule has 0 saturated heterocycles. The molecule has 0 aromatic heterocycles. The molecule has 0 aromatic carbocycles. The third-order valence-electron chi connectivity index (χ3n) is 1.21. The summed E-state index contributed by atoms with van der Waals surface area (Å²) in [6, 6.07) is 0. The van der Waals surface area contributed by atoms with Crippen LogP contribution in [0.1, 0.15) is 6.42 Å². The van der Waals surface area contributed by atoms with Crippen molar-refractivity contribution in [3.63, 3.8) is 0 Å². The first-order chi connectivity index (χ1) is 5.92. The van der Waals surface area contributed by atoms with Gasteiger partial charge in [-0.15, -0.1) is 0 Å². The molecule has 1 rings (SSSR count). The Morgan fingerprint density at radius 3 is 1.62 bits per heavy atom. The van der Waals surface area contributed by atoms with E-state index < -0.39 is 8.07 Å². The molecule has 0 nitrogen and oxygen atoms in total. The van der Waals surface area contributed by atoms with Gasteiger partial charge in [-0.05, 0) is 6.42 Å². The van der Waals surface area contributed by atoms with Crippen molar-refractivity contribution in [1.29, 1.82) is 0 Å². The monoisotopic (exact) mass is 378 g/mol. The zero-order valence-electron chi connectivity index (χ0n) is 9.54. The first-order valence-electron chi connectivity index (χ1n) is 4.53. The van der Waals surface area contributed by atoms with Crippen LogP contribution in [0.25, 0.3) is 0 Å². The molecular weight excluding hydrogens is 355 g/mol. The van der Waals surface area contributed by atoms with E-state index in [-0.39, 0.29) is 17.3 Å². The fourth-order valence-electron chi connectivity index (χ4n) is 1.06. The summed E-state index contributed by atoms with van der Waals surface area (Å²) in [5.74, 6) is 0. The van der Waals surface area contributed by atoms with Crippen LogP contribution in [0.4, 0.5) is 0 Å². The van der Waals surface area contributed by atoms with Gasteiger partial charge in [0.15, 0.2) is 0 Å². The summed E-state index contributed by atoms with van der Waals surface area (Å²) in [6.45, 7) is 7.39. The Hall–Kier alpha value is 0.385. The average Bonchev–Trinajstić information content (AvgIpc) is 2.33. The van der Waals surface area contributed by atoms with Gasteiger partial charge in [-0.25, -0.2) is 0 Å². The molecule has 1 aliphatic rings. The molecule has 0 amide bonds. The van der Waals surface area contributed by atoms with Gasteiger partial charge in [-0.3, -0.25) is 0 Å². The van der Waals surface area contributed by atoms with Crippen LogP contribution >= 0.6 is 0 Å². The quantitative estimate of drug-likeness (QED) is 0.621. The third-order valence-corrected chi connectivity index (χ3v) is 14.4. The molecule has 0 radical (unpaired) electrons. The van der Waals surface area contributed by atoms with Crippen LogP contribution in [-0.2, 0) is 17.3 Å². The zero-order chi connectivity index (χ0) is 10.3. The second-order valence-electron chi connectivity index (χ2n) is 4.53. The Kier molecular flexibility index (Phi) is 6.98. The van der Waals surface area contributed by atoms with Gasteiger partial charge in [0.1, 0.15) is 0 Å². The molecule has 0 fully saturated rings. The third kappa shape index (κ3) is 12.4. The minimum atomic E-state index is -0.650. The molecule has 0 heterocycles. The van der Waals surface area contributed by atoms with E-state index in [4.69, 9.17) is 0 Å². The number of hydrogen-bond acceptors (Lipinski definition) is 0. The molecule has 0 aromatic rings. The van der Waals surface area contributed by atoms with Crippen molar-refractivity contribution < 1.29 is 17.3 Å². The summed E-state index contributed by atoms with van der Waals surface area (Å²) < 4.78 is 1.62. The van der Waals surface area contributed by atoms with Gasteiger partial charge in [-0.1, -0.05) is 24.3 Å². The Balaban J connectivity index is 0.000000243. The van der Waals surface area contributed by atoms with E-state index in [2.05, 4.69) is 54.6 Å². The maximum absolute atomic E-state index is 2.46. The molecule has 0 unspecified atom stereocenters. The molecule has 81 valence electrons. The topological polar surface area (TPSA) is 0 Å². The van der Waals surface area contributed by atoms with Gasteiger partial charge in [0.25, 0.3) is 0 Å². The number of rotatable bonds is 2. The van der Waals surface area contributed by atoms with E-state index in [1.54, 1.807) is 4.43 Å². The van der Waals surface area contributed by atoms with Gasteiger partial charge in [0.05, 0.1) is 0 Å². The molecule has 0 N–H and O–H groups in total. The molecule has 0 bridgehead atoms. The van der Waals surface area contributed by atoms with Crippen LogP contribution in [0.3, 0.4) is 0 Å². The fourth-order valence-corrected chi connectivity index (χ4v) is 16.9. The molecule has 0 spiro atoms. The van der Waals surface area contributed by atoms with E-state index in [0.717, 1.165) is 6.42 Å². The number of hydrogen-bond donors (Lipinski definition) is 0. The van der Waals surface area contributed by atoms with Crippen LogP contribution in [0.2, 0.25) is 34.7 Å². The Morgan fingerprint density at radius 1 is 1.08 bits per heavy atom. The summed E-state index contributed by atoms with van der Waals surface area (Å²) >= 11 is -0.386. The fraction of sp³-hybridized carbons (Fsp3) is 0.636. The Morgan fingerprint density at radius 2 is 1.54 bits per heavy atom. The molecule has 2 heteroatoms. The Labute approximate surface area is 90.7 Å². The number of allylic oxidation sites excluding steroid dienone is 4. The van der Waals surface area contributed by atoms with Crippen molar-refractivity contribution in [3.8, 4) is 0 Å². The second kappa shape index (κ2) is 6.78. The normalized spacial score (nSPS) is 15.3. The zero-order valence-corrected chi connectivity index (χ0v) is 12.8. The molecule has 1 aliphatic carbocycles. The average molecular weight is 378 g/mol. The Bertz CT molecular complexity index is 165. The molecule has 13 heavy (non-hydrogen) atoms. The van der Waals surface area contributed by atoms with Crippen molar-refractivity contribution in [3.05, 3.63) is 24.3 Å². The molecular formula is C11H23PtSi. The summed E-state index contributed by atoms with van der Waals surface area (Å²) in [5, 5.41) is 4.92. The van der Waals surface area contributed by atoms with Gasteiger partial charge >= 0.3 is 60.1 Å². The summed E-state index contributed by atoms with van der Waals surface area (Å²) in [4.78, 5) is 0. The van der Waals surface area contributed by atoms with Gasteiger partial charge in [0.2, 0.25) is 0 Å². The first-order valence-corrected chi connectivity index (χ1v) is 14.4. The summed E-state index contributed by atoms with van der Waals surface area (Å²) in [5.41, 5.74) is 0. The summed E-state index contributed by atoms with van der Waals surface area (Å²) in [6.07, 6.45) is 9.50.